The summed E-state index contributed by atoms with van der Waals surface area (Å²) >= 11 is 0. The predicted molar refractivity (Wildman–Crippen MR) is 72.2 cm³/mol. The van der Waals surface area contributed by atoms with Crippen LogP contribution < -0.4 is 5.32 Å². The standard InChI is InChI=1S/C14H14N2O4/c1-3-19-14(18)12-8-13(20-16-12)10-4-6-11(7-5-10)15-9(2)17/h4-8H,3H2,1-2H3,(H,15,17). The summed E-state index contributed by atoms with van der Waals surface area (Å²) in [6.45, 7) is 3.45. The molecule has 0 spiro atoms. The maximum atomic E-state index is 11.5. The Labute approximate surface area is 115 Å². The Hall–Kier alpha value is -2.63. The average Bonchev–Trinajstić information content (AvgIpc) is 2.89. The van der Waals surface area contributed by atoms with E-state index in [1.165, 1.54) is 13.0 Å². The molecule has 1 heterocycles. The van der Waals surface area contributed by atoms with Crippen LogP contribution in [-0.2, 0) is 9.53 Å². The quantitative estimate of drug-likeness (QED) is 0.866. The summed E-state index contributed by atoms with van der Waals surface area (Å²) in [5, 5.41) is 6.33. The first-order valence-electron chi connectivity index (χ1n) is 6.12. The lowest BCUT2D eigenvalue weighted by molar-refractivity contribution is -0.114. The third kappa shape index (κ3) is 3.23. The van der Waals surface area contributed by atoms with Gasteiger partial charge in [0.05, 0.1) is 6.61 Å². The SMILES string of the molecule is CCOC(=O)c1cc(-c2ccc(NC(C)=O)cc2)on1. The van der Waals surface area contributed by atoms with E-state index < -0.39 is 5.97 Å². The fourth-order valence-corrected chi connectivity index (χ4v) is 1.63. The normalized spacial score (nSPS) is 10.1. The van der Waals surface area contributed by atoms with E-state index in [9.17, 15) is 9.59 Å². The van der Waals surface area contributed by atoms with Gasteiger partial charge in [0.2, 0.25) is 5.91 Å². The molecule has 0 saturated carbocycles. The zero-order valence-corrected chi connectivity index (χ0v) is 11.2. The summed E-state index contributed by atoms with van der Waals surface area (Å²) in [7, 11) is 0. The van der Waals surface area contributed by atoms with Gasteiger partial charge >= 0.3 is 5.97 Å². The Kier molecular flexibility index (Phi) is 4.14. The highest BCUT2D eigenvalue weighted by Crippen LogP contribution is 2.22. The van der Waals surface area contributed by atoms with E-state index in [4.69, 9.17) is 9.26 Å². The van der Waals surface area contributed by atoms with Gasteiger partial charge < -0.3 is 14.6 Å². The van der Waals surface area contributed by atoms with E-state index in [-0.39, 0.29) is 18.2 Å². The van der Waals surface area contributed by atoms with E-state index in [0.29, 0.717) is 11.4 Å². The molecule has 0 unspecified atom stereocenters. The van der Waals surface area contributed by atoms with Crippen molar-refractivity contribution in [3.05, 3.63) is 36.0 Å². The number of rotatable bonds is 4. The Balaban J connectivity index is 2.15. The van der Waals surface area contributed by atoms with Crippen LogP contribution in [0.15, 0.2) is 34.9 Å². The van der Waals surface area contributed by atoms with E-state index >= 15 is 0 Å². The van der Waals surface area contributed by atoms with Crippen LogP contribution in [0.1, 0.15) is 24.3 Å². The number of benzene rings is 1. The first kappa shape index (κ1) is 13.8. The number of hydrogen-bond donors (Lipinski definition) is 1. The van der Waals surface area contributed by atoms with Gasteiger partial charge in [-0.25, -0.2) is 4.79 Å². The van der Waals surface area contributed by atoms with Crippen molar-refractivity contribution in [2.45, 2.75) is 13.8 Å². The highest BCUT2D eigenvalue weighted by molar-refractivity contribution is 5.89. The minimum Gasteiger partial charge on any atom is -0.461 e. The molecule has 0 aliphatic carbocycles. The van der Waals surface area contributed by atoms with Crippen LogP contribution in [0, 0.1) is 0 Å². The fourth-order valence-electron chi connectivity index (χ4n) is 1.63. The number of aromatic nitrogens is 1. The molecule has 2 rings (SSSR count). The van der Waals surface area contributed by atoms with Crippen LogP contribution in [0.25, 0.3) is 11.3 Å². The third-order valence-corrected chi connectivity index (χ3v) is 2.48. The van der Waals surface area contributed by atoms with Crippen LogP contribution >= 0.6 is 0 Å². The predicted octanol–water partition coefficient (Wildman–Crippen LogP) is 2.48. The summed E-state index contributed by atoms with van der Waals surface area (Å²) < 4.78 is 9.93. The van der Waals surface area contributed by atoms with Gasteiger partial charge in [-0.15, -0.1) is 0 Å². The van der Waals surface area contributed by atoms with Crippen LogP contribution in [0.2, 0.25) is 0 Å². The molecule has 0 bridgehead atoms. The summed E-state index contributed by atoms with van der Waals surface area (Å²) in [5.74, 6) is -0.193. The summed E-state index contributed by atoms with van der Waals surface area (Å²) in [5.41, 5.74) is 1.57. The molecule has 1 aromatic heterocycles. The maximum absolute atomic E-state index is 11.5. The van der Waals surface area contributed by atoms with Crippen LogP contribution in [0.4, 0.5) is 5.69 Å². The number of nitrogens with one attached hydrogen (secondary N) is 1. The highest BCUT2D eigenvalue weighted by Gasteiger charge is 2.14. The minimum absolute atomic E-state index is 0.132. The van der Waals surface area contributed by atoms with Gasteiger partial charge in [0.15, 0.2) is 11.5 Å². The Morgan fingerprint density at radius 3 is 2.60 bits per heavy atom. The largest absolute Gasteiger partial charge is 0.461 e. The second kappa shape index (κ2) is 6.01. The van der Waals surface area contributed by atoms with E-state index in [1.54, 1.807) is 31.2 Å². The lowest BCUT2D eigenvalue weighted by Crippen LogP contribution is -2.05. The van der Waals surface area contributed by atoms with Crippen LogP contribution in [0.3, 0.4) is 0 Å². The summed E-state index contributed by atoms with van der Waals surface area (Å²) in [4.78, 5) is 22.4. The second-order valence-electron chi connectivity index (χ2n) is 4.06. The first-order chi connectivity index (χ1) is 9.60. The Morgan fingerprint density at radius 2 is 2.00 bits per heavy atom. The van der Waals surface area contributed by atoms with Crippen molar-refractivity contribution in [1.82, 2.24) is 5.16 Å². The van der Waals surface area contributed by atoms with Gasteiger partial charge in [0.25, 0.3) is 0 Å². The third-order valence-electron chi connectivity index (χ3n) is 2.48. The van der Waals surface area contributed by atoms with Crippen LogP contribution in [0.5, 0.6) is 0 Å². The van der Waals surface area contributed by atoms with Gasteiger partial charge in [0.1, 0.15) is 0 Å². The van der Waals surface area contributed by atoms with Crippen molar-refractivity contribution in [2.75, 3.05) is 11.9 Å². The summed E-state index contributed by atoms with van der Waals surface area (Å²) in [6, 6.07) is 8.53. The number of amides is 1. The molecule has 6 heteroatoms. The molecule has 2 aromatic rings. The van der Waals surface area contributed by atoms with Crippen molar-refractivity contribution >= 4 is 17.6 Å². The molecule has 0 aliphatic heterocycles. The van der Waals surface area contributed by atoms with Crippen molar-refractivity contribution in [3.63, 3.8) is 0 Å². The molecule has 0 fully saturated rings. The molecular formula is C14H14N2O4. The second-order valence-corrected chi connectivity index (χ2v) is 4.06. The fraction of sp³-hybridized carbons (Fsp3) is 0.214. The smallest absolute Gasteiger partial charge is 0.360 e. The number of esters is 1. The van der Waals surface area contributed by atoms with Crippen LogP contribution in [-0.4, -0.2) is 23.6 Å². The summed E-state index contributed by atoms with van der Waals surface area (Å²) in [6.07, 6.45) is 0. The number of ether oxygens (including phenoxy) is 1. The van der Waals surface area contributed by atoms with Crippen molar-refractivity contribution in [3.8, 4) is 11.3 Å². The number of anilines is 1. The molecule has 1 aromatic carbocycles. The average molecular weight is 274 g/mol. The van der Waals surface area contributed by atoms with Crippen molar-refractivity contribution < 1.29 is 18.8 Å². The molecule has 0 saturated heterocycles. The monoisotopic (exact) mass is 274 g/mol. The molecule has 6 nitrogen and oxygen atoms in total. The molecule has 0 atom stereocenters. The molecular weight excluding hydrogens is 260 g/mol. The molecule has 1 amide bonds. The van der Waals surface area contributed by atoms with Gasteiger partial charge in [-0.3, -0.25) is 4.79 Å². The van der Waals surface area contributed by atoms with E-state index in [1.807, 2.05) is 0 Å². The number of carbonyl (C=O) groups excluding carboxylic acids is 2. The number of nitrogens with zero attached hydrogens (tertiary/aromatic N) is 1. The molecule has 20 heavy (non-hydrogen) atoms. The maximum Gasteiger partial charge on any atom is 0.360 e. The Morgan fingerprint density at radius 1 is 1.30 bits per heavy atom. The molecule has 1 N–H and O–H groups in total. The van der Waals surface area contributed by atoms with Gasteiger partial charge in [0, 0.05) is 24.2 Å². The van der Waals surface area contributed by atoms with Gasteiger partial charge in [-0.05, 0) is 31.2 Å². The van der Waals surface area contributed by atoms with E-state index in [0.717, 1.165) is 5.56 Å². The number of carbonyl (C=O) groups is 2. The zero-order chi connectivity index (χ0) is 14.5. The lowest BCUT2D eigenvalue weighted by Gasteiger charge is -2.01. The first-order valence-corrected chi connectivity index (χ1v) is 6.12. The molecule has 0 radical (unpaired) electrons. The van der Waals surface area contributed by atoms with Gasteiger partial charge in [-0.2, -0.15) is 0 Å². The topological polar surface area (TPSA) is 81.4 Å². The van der Waals surface area contributed by atoms with E-state index in [2.05, 4.69) is 10.5 Å². The highest BCUT2D eigenvalue weighted by atomic mass is 16.5. The van der Waals surface area contributed by atoms with Crippen molar-refractivity contribution in [2.24, 2.45) is 0 Å². The van der Waals surface area contributed by atoms with Gasteiger partial charge in [-0.1, -0.05) is 5.16 Å². The van der Waals surface area contributed by atoms with Crippen molar-refractivity contribution in [1.29, 1.82) is 0 Å². The molecule has 0 aliphatic rings. The zero-order valence-electron chi connectivity index (χ0n) is 11.2. The Bertz CT molecular complexity index is 616. The molecule has 104 valence electrons. The minimum atomic E-state index is -0.516. The lowest BCUT2D eigenvalue weighted by atomic mass is 10.1. The number of hydrogen-bond acceptors (Lipinski definition) is 5.